The number of carbonyl (C=O) groups excluding carboxylic acids is 3. The maximum absolute atomic E-state index is 12.4. The van der Waals surface area contributed by atoms with Crippen molar-refractivity contribution in [1.82, 2.24) is 4.90 Å². The van der Waals surface area contributed by atoms with Gasteiger partial charge in [0, 0.05) is 0 Å². The van der Waals surface area contributed by atoms with Crippen LogP contribution in [0.25, 0.3) is 0 Å². The molecule has 7 nitrogen and oxygen atoms in total. The SMILES string of the molecule is COC(=O)[C@H]1CCC[C@@H](C(=O)OC)N1C(=O)OC(C)(C)C. The van der Waals surface area contributed by atoms with Crippen LogP contribution in [0.15, 0.2) is 0 Å². The van der Waals surface area contributed by atoms with Gasteiger partial charge >= 0.3 is 18.0 Å². The second-order valence-corrected chi connectivity index (χ2v) is 5.90. The molecule has 1 amide bonds. The molecule has 0 aliphatic carbocycles. The first-order chi connectivity index (χ1) is 9.71. The highest BCUT2D eigenvalue weighted by atomic mass is 16.6. The van der Waals surface area contributed by atoms with Crippen molar-refractivity contribution >= 4 is 18.0 Å². The Labute approximate surface area is 124 Å². The smallest absolute Gasteiger partial charge is 0.411 e. The maximum Gasteiger partial charge on any atom is 0.411 e. The predicted molar refractivity (Wildman–Crippen MR) is 73.5 cm³/mol. The van der Waals surface area contributed by atoms with Crippen LogP contribution in [0.5, 0.6) is 0 Å². The Balaban J connectivity index is 3.06. The molecule has 1 saturated heterocycles. The first-order valence-corrected chi connectivity index (χ1v) is 6.88. The van der Waals surface area contributed by atoms with Gasteiger partial charge in [-0.2, -0.15) is 0 Å². The number of amides is 1. The van der Waals surface area contributed by atoms with E-state index in [4.69, 9.17) is 14.2 Å². The highest BCUT2D eigenvalue weighted by Crippen LogP contribution is 2.27. The van der Waals surface area contributed by atoms with Crippen molar-refractivity contribution in [1.29, 1.82) is 0 Å². The molecule has 0 aromatic carbocycles. The fourth-order valence-electron chi connectivity index (χ4n) is 2.30. The molecule has 1 rings (SSSR count). The van der Waals surface area contributed by atoms with Gasteiger partial charge in [0.15, 0.2) is 0 Å². The van der Waals surface area contributed by atoms with Crippen LogP contribution in [0.2, 0.25) is 0 Å². The van der Waals surface area contributed by atoms with Crippen molar-refractivity contribution in [2.75, 3.05) is 14.2 Å². The van der Waals surface area contributed by atoms with Crippen molar-refractivity contribution in [3.63, 3.8) is 0 Å². The van der Waals surface area contributed by atoms with Gasteiger partial charge in [0.2, 0.25) is 0 Å². The van der Waals surface area contributed by atoms with Crippen LogP contribution >= 0.6 is 0 Å². The van der Waals surface area contributed by atoms with E-state index in [1.807, 2.05) is 0 Å². The van der Waals surface area contributed by atoms with E-state index in [0.717, 1.165) is 4.90 Å². The van der Waals surface area contributed by atoms with Crippen LogP contribution in [0, 0.1) is 0 Å². The van der Waals surface area contributed by atoms with Gasteiger partial charge in [-0.25, -0.2) is 14.4 Å². The standard InChI is InChI=1S/C14H23NO6/c1-14(2,3)21-13(18)15-9(11(16)19-4)7-6-8-10(15)12(17)20-5/h9-10H,6-8H2,1-5H3/t9-,10+. The Hall–Kier alpha value is -1.79. The Bertz CT molecular complexity index is 390. The van der Waals surface area contributed by atoms with Gasteiger partial charge in [-0.05, 0) is 40.0 Å². The monoisotopic (exact) mass is 301 g/mol. The van der Waals surface area contributed by atoms with Crippen LogP contribution in [0.4, 0.5) is 4.79 Å². The highest BCUT2D eigenvalue weighted by molar-refractivity contribution is 5.87. The van der Waals surface area contributed by atoms with Gasteiger partial charge in [-0.15, -0.1) is 0 Å². The molecule has 1 heterocycles. The number of methoxy groups -OCH3 is 2. The van der Waals surface area contributed by atoms with Crippen LogP contribution in [-0.4, -0.2) is 54.8 Å². The van der Waals surface area contributed by atoms with Gasteiger partial charge in [0.25, 0.3) is 0 Å². The lowest BCUT2D eigenvalue weighted by molar-refractivity contribution is -0.156. The summed E-state index contributed by atoms with van der Waals surface area (Å²) in [4.78, 5) is 37.3. The maximum atomic E-state index is 12.4. The quantitative estimate of drug-likeness (QED) is 0.567. The van der Waals surface area contributed by atoms with E-state index >= 15 is 0 Å². The Kier molecular flexibility index (Phi) is 5.57. The second-order valence-electron chi connectivity index (χ2n) is 5.90. The molecule has 1 aliphatic heterocycles. The lowest BCUT2D eigenvalue weighted by atomic mass is 9.96. The third kappa shape index (κ3) is 4.34. The molecule has 7 heteroatoms. The molecule has 0 spiro atoms. The molecule has 120 valence electrons. The van der Waals surface area contributed by atoms with Crippen LogP contribution in [-0.2, 0) is 23.8 Å². The zero-order chi connectivity index (χ0) is 16.2. The molecule has 2 atom stereocenters. The molecule has 1 aliphatic rings. The topological polar surface area (TPSA) is 82.1 Å². The summed E-state index contributed by atoms with van der Waals surface area (Å²) in [7, 11) is 2.49. The minimum atomic E-state index is -0.831. The number of hydrogen-bond donors (Lipinski definition) is 0. The van der Waals surface area contributed by atoms with Crippen molar-refractivity contribution in [2.24, 2.45) is 0 Å². The molecule has 0 N–H and O–H groups in total. The first kappa shape index (κ1) is 17.3. The fraction of sp³-hybridized carbons (Fsp3) is 0.786. The van der Waals surface area contributed by atoms with Gasteiger partial charge in [0.05, 0.1) is 14.2 Å². The summed E-state index contributed by atoms with van der Waals surface area (Å²) in [6.45, 7) is 5.15. The van der Waals surface area contributed by atoms with E-state index in [0.29, 0.717) is 19.3 Å². The molecule has 0 bridgehead atoms. The minimum absolute atomic E-state index is 0.430. The first-order valence-electron chi connectivity index (χ1n) is 6.88. The number of esters is 2. The second kappa shape index (κ2) is 6.78. The average Bonchev–Trinajstić information content (AvgIpc) is 2.42. The Morgan fingerprint density at radius 2 is 1.38 bits per heavy atom. The van der Waals surface area contributed by atoms with E-state index in [2.05, 4.69) is 0 Å². The van der Waals surface area contributed by atoms with Crippen LogP contribution in [0.3, 0.4) is 0 Å². The van der Waals surface area contributed by atoms with Crippen molar-refractivity contribution in [3.8, 4) is 0 Å². The molecule has 0 aromatic rings. The van der Waals surface area contributed by atoms with E-state index in [-0.39, 0.29) is 0 Å². The average molecular weight is 301 g/mol. The highest BCUT2D eigenvalue weighted by Gasteiger charge is 2.44. The molecule has 0 saturated carbocycles. The van der Waals surface area contributed by atoms with E-state index in [9.17, 15) is 14.4 Å². The van der Waals surface area contributed by atoms with Gasteiger partial charge in [-0.1, -0.05) is 0 Å². The van der Waals surface area contributed by atoms with Crippen molar-refractivity contribution in [2.45, 2.75) is 57.7 Å². The summed E-state index contributed by atoms with van der Waals surface area (Å²) in [6, 6.07) is -1.66. The summed E-state index contributed by atoms with van der Waals surface area (Å²) in [5, 5.41) is 0. The number of piperidine rings is 1. The Morgan fingerprint density at radius 3 is 1.71 bits per heavy atom. The van der Waals surface area contributed by atoms with Crippen molar-refractivity contribution in [3.05, 3.63) is 0 Å². The minimum Gasteiger partial charge on any atom is -0.467 e. The number of nitrogens with zero attached hydrogens (tertiary/aromatic N) is 1. The summed E-state index contributed by atoms with van der Waals surface area (Å²) in [6.07, 6.45) is 0.769. The summed E-state index contributed by atoms with van der Waals surface area (Å²) >= 11 is 0. The fourth-order valence-corrected chi connectivity index (χ4v) is 2.30. The van der Waals surface area contributed by atoms with Gasteiger partial charge in [-0.3, -0.25) is 4.90 Å². The van der Waals surface area contributed by atoms with Crippen LogP contribution in [0.1, 0.15) is 40.0 Å². The molecule has 1 fully saturated rings. The zero-order valence-corrected chi connectivity index (χ0v) is 13.2. The molecule has 0 unspecified atom stereocenters. The van der Waals surface area contributed by atoms with E-state index in [1.165, 1.54) is 14.2 Å². The zero-order valence-electron chi connectivity index (χ0n) is 13.2. The third-order valence-electron chi connectivity index (χ3n) is 3.18. The number of ether oxygens (including phenoxy) is 3. The third-order valence-corrected chi connectivity index (χ3v) is 3.18. The van der Waals surface area contributed by atoms with Gasteiger partial charge < -0.3 is 14.2 Å². The molecular weight excluding hydrogens is 278 g/mol. The van der Waals surface area contributed by atoms with Crippen molar-refractivity contribution < 1.29 is 28.6 Å². The number of likely N-dealkylation sites (tertiary alicyclic amines) is 1. The van der Waals surface area contributed by atoms with E-state index in [1.54, 1.807) is 20.8 Å². The van der Waals surface area contributed by atoms with Crippen LogP contribution < -0.4 is 0 Å². The normalized spacial score (nSPS) is 22.4. The van der Waals surface area contributed by atoms with Gasteiger partial charge in [0.1, 0.15) is 17.7 Å². The van der Waals surface area contributed by atoms with E-state index < -0.39 is 35.7 Å². The molecular formula is C14H23NO6. The predicted octanol–water partition coefficient (Wildman–Crippen LogP) is 1.49. The molecule has 0 aromatic heterocycles. The summed E-state index contributed by atoms with van der Waals surface area (Å²) in [5.41, 5.74) is -0.726. The Morgan fingerprint density at radius 1 is 0.952 bits per heavy atom. The molecule has 21 heavy (non-hydrogen) atoms. The summed E-state index contributed by atoms with van der Waals surface area (Å²) in [5.74, 6) is -1.12. The largest absolute Gasteiger partial charge is 0.467 e. The number of hydrogen-bond acceptors (Lipinski definition) is 6. The lowest BCUT2D eigenvalue weighted by Crippen LogP contribution is -2.57. The number of rotatable bonds is 2. The molecule has 0 radical (unpaired) electrons. The number of carbonyl (C=O) groups is 3. The lowest BCUT2D eigenvalue weighted by Gasteiger charge is -2.39. The summed E-state index contributed by atoms with van der Waals surface area (Å²) < 4.78 is 14.7.